The first-order valence-corrected chi connectivity index (χ1v) is 9.10. The van der Waals surface area contributed by atoms with Crippen LogP contribution in [-0.2, 0) is 4.74 Å². The number of nitrogens with zero attached hydrogens (tertiary/aromatic N) is 1. The van der Waals surface area contributed by atoms with E-state index in [-0.39, 0.29) is 12.0 Å². The Morgan fingerprint density at radius 3 is 2.78 bits per heavy atom. The average Bonchev–Trinajstić information content (AvgIpc) is 3.20. The molecule has 1 saturated heterocycles. The van der Waals surface area contributed by atoms with Crippen LogP contribution in [0, 0.1) is 6.92 Å². The van der Waals surface area contributed by atoms with E-state index in [1.54, 1.807) is 19.2 Å². The van der Waals surface area contributed by atoms with Gasteiger partial charge in [-0.2, -0.15) is 0 Å². The highest BCUT2D eigenvalue weighted by Crippen LogP contribution is 2.25. The fourth-order valence-electron chi connectivity index (χ4n) is 2.91. The number of amides is 1. The lowest BCUT2D eigenvalue weighted by molar-refractivity contribution is 0.0975. The Bertz CT molecular complexity index is 800. The monoisotopic (exact) mass is 367 g/mol. The Hall–Kier alpha value is -2.86. The summed E-state index contributed by atoms with van der Waals surface area (Å²) >= 11 is 0. The molecular weight excluding hydrogens is 342 g/mol. The summed E-state index contributed by atoms with van der Waals surface area (Å²) in [5, 5.41) is 6.07. The molecule has 27 heavy (non-hydrogen) atoms. The van der Waals surface area contributed by atoms with Crippen molar-refractivity contribution in [2.45, 2.75) is 25.9 Å². The number of benzene rings is 2. The summed E-state index contributed by atoms with van der Waals surface area (Å²) in [5.74, 6) is 0.837. The van der Waals surface area contributed by atoms with Gasteiger partial charge >= 0.3 is 0 Å². The van der Waals surface area contributed by atoms with Crippen LogP contribution in [-0.4, -0.2) is 38.2 Å². The molecular formula is C21H25N3O3. The van der Waals surface area contributed by atoms with Gasteiger partial charge in [-0.15, -0.1) is 0 Å². The van der Waals surface area contributed by atoms with E-state index in [9.17, 15) is 4.79 Å². The molecule has 0 spiro atoms. The first kappa shape index (κ1) is 18.9. The van der Waals surface area contributed by atoms with E-state index in [0.29, 0.717) is 23.8 Å². The van der Waals surface area contributed by atoms with Crippen LogP contribution >= 0.6 is 0 Å². The molecule has 1 atom stereocenters. The maximum Gasteiger partial charge on any atom is 0.257 e. The Kier molecular flexibility index (Phi) is 6.44. The van der Waals surface area contributed by atoms with Crippen LogP contribution < -0.4 is 15.4 Å². The summed E-state index contributed by atoms with van der Waals surface area (Å²) in [6, 6.07) is 14.9. The number of aryl methyl sites for hydroxylation is 1. The number of aliphatic imine (C=N–C) groups is 1. The molecule has 1 aliphatic heterocycles. The van der Waals surface area contributed by atoms with Gasteiger partial charge in [-0.3, -0.25) is 10.1 Å². The van der Waals surface area contributed by atoms with Gasteiger partial charge < -0.3 is 14.8 Å². The third-order valence-corrected chi connectivity index (χ3v) is 4.35. The second-order valence-corrected chi connectivity index (χ2v) is 6.47. The highest BCUT2D eigenvalue weighted by Gasteiger charge is 2.16. The minimum Gasteiger partial charge on any atom is -0.495 e. The van der Waals surface area contributed by atoms with Crippen LogP contribution in [0.1, 0.15) is 28.8 Å². The molecule has 0 saturated carbocycles. The molecule has 0 radical (unpaired) electrons. The van der Waals surface area contributed by atoms with E-state index in [2.05, 4.69) is 15.6 Å². The van der Waals surface area contributed by atoms with Crippen molar-refractivity contribution in [2.75, 3.05) is 25.6 Å². The quantitative estimate of drug-likeness (QED) is 0.628. The number of ether oxygens (including phenoxy) is 2. The maximum atomic E-state index is 12.6. The van der Waals surface area contributed by atoms with Crippen molar-refractivity contribution in [3.8, 4) is 5.75 Å². The normalized spacial score (nSPS) is 16.8. The van der Waals surface area contributed by atoms with Gasteiger partial charge in [-0.25, -0.2) is 4.99 Å². The number of carbonyl (C=O) groups excluding carboxylic acids is 1. The number of carbonyl (C=O) groups is 1. The molecule has 0 aromatic heterocycles. The van der Waals surface area contributed by atoms with E-state index in [0.717, 1.165) is 30.7 Å². The zero-order valence-corrected chi connectivity index (χ0v) is 15.7. The minimum atomic E-state index is -0.221. The molecule has 3 rings (SSSR count). The van der Waals surface area contributed by atoms with E-state index in [1.165, 1.54) is 0 Å². The van der Waals surface area contributed by atoms with Crippen LogP contribution in [0.25, 0.3) is 0 Å². The molecule has 6 heteroatoms. The van der Waals surface area contributed by atoms with Crippen molar-refractivity contribution >= 4 is 17.6 Å². The van der Waals surface area contributed by atoms with Crippen molar-refractivity contribution in [2.24, 2.45) is 4.99 Å². The predicted molar refractivity (Wildman–Crippen MR) is 107 cm³/mol. The highest BCUT2D eigenvalue weighted by atomic mass is 16.5. The van der Waals surface area contributed by atoms with E-state index >= 15 is 0 Å². The largest absolute Gasteiger partial charge is 0.495 e. The Balaban J connectivity index is 1.79. The maximum absolute atomic E-state index is 12.6. The van der Waals surface area contributed by atoms with Crippen molar-refractivity contribution in [3.63, 3.8) is 0 Å². The molecule has 1 fully saturated rings. The first-order chi connectivity index (χ1) is 13.2. The van der Waals surface area contributed by atoms with Gasteiger partial charge in [-0.05, 0) is 49.6 Å². The number of hydrogen-bond donors (Lipinski definition) is 2. The molecule has 142 valence electrons. The molecule has 1 heterocycles. The number of anilines is 1. The number of nitrogens with one attached hydrogen (secondary N) is 2. The lowest BCUT2D eigenvalue weighted by Crippen LogP contribution is -2.36. The summed E-state index contributed by atoms with van der Waals surface area (Å²) in [4.78, 5) is 17.1. The number of guanidine groups is 1. The van der Waals surface area contributed by atoms with Gasteiger partial charge in [0, 0.05) is 12.2 Å². The van der Waals surface area contributed by atoms with E-state index < -0.39 is 0 Å². The predicted octanol–water partition coefficient (Wildman–Crippen LogP) is 3.38. The van der Waals surface area contributed by atoms with Gasteiger partial charge in [0.15, 0.2) is 0 Å². The highest BCUT2D eigenvalue weighted by molar-refractivity contribution is 6.10. The zero-order valence-electron chi connectivity index (χ0n) is 15.7. The lowest BCUT2D eigenvalue weighted by atomic mass is 10.2. The number of hydrogen-bond acceptors (Lipinski definition) is 4. The third-order valence-electron chi connectivity index (χ3n) is 4.35. The lowest BCUT2D eigenvalue weighted by Gasteiger charge is -2.16. The molecule has 0 aliphatic carbocycles. The molecule has 2 N–H and O–H groups in total. The number of rotatable bonds is 5. The summed E-state index contributed by atoms with van der Waals surface area (Å²) in [6.45, 7) is 3.26. The van der Waals surface area contributed by atoms with Crippen molar-refractivity contribution < 1.29 is 14.3 Å². The van der Waals surface area contributed by atoms with Crippen LogP contribution in [0.5, 0.6) is 5.75 Å². The standard InChI is InChI=1S/C21H25N3O3/c1-15-10-11-19(26-2)18(13-15)23-21(22-14-17-9-6-12-27-17)24-20(25)16-7-4-3-5-8-16/h3-5,7-8,10-11,13,17H,6,9,12,14H2,1-2H3,(H2,22,23,24,25). The van der Waals surface area contributed by atoms with Gasteiger partial charge in [0.1, 0.15) is 5.75 Å². The van der Waals surface area contributed by atoms with Crippen molar-refractivity contribution in [3.05, 3.63) is 59.7 Å². The van der Waals surface area contributed by atoms with E-state index in [1.807, 2.05) is 43.3 Å². The molecule has 2 aromatic carbocycles. The van der Waals surface area contributed by atoms with Crippen LogP contribution in [0.15, 0.2) is 53.5 Å². The van der Waals surface area contributed by atoms with Crippen LogP contribution in [0.4, 0.5) is 5.69 Å². The minimum absolute atomic E-state index is 0.0924. The summed E-state index contributed by atoms with van der Waals surface area (Å²) in [7, 11) is 1.61. The van der Waals surface area contributed by atoms with Gasteiger partial charge in [0.25, 0.3) is 5.91 Å². The summed E-state index contributed by atoms with van der Waals surface area (Å²) in [6.07, 6.45) is 2.12. The van der Waals surface area contributed by atoms with Crippen molar-refractivity contribution in [1.82, 2.24) is 5.32 Å². The smallest absolute Gasteiger partial charge is 0.257 e. The summed E-state index contributed by atoms with van der Waals surface area (Å²) in [5.41, 5.74) is 2.39. The molecule has 0 bridgehead atoms. The molecule has 2 aromatic rings. The molecule has 1 aliphatic rings. The number of methoxy groups -OCH3 is 1. The van der Waals surface area contributed by atoms with Gasteiger partial charge in [0.05, 0.1) is 25.4 Å². The average molecular weight is 367 g/mol. The van der Waals surface area contributed by atoms with Crippen molar-refractivity contribution in [1.29, 1.82) is 0 Å². The molecule has 1 amide bonds. The molecule has 1 unspecified atom stereocenters. The summed E-state index contributed by atoms with van der Waals surface area (Å²) < 4.78 is 11.0. The van der Waals surface area contributed by atoms with Gasteiger partial charge in [0.2, 0.25) is 5.96 Å². The molecule has 6 nitrogen and oxygen atoms in total. The topological polar surface area (TPSA) is 71.9 Å². The Morgan fingerprint density at radius 1 is 1.26 bits per heavy atom. The zero-order chi connectivity index (χ0) is 19.1. The SMILES string of the molecule is COc1ccc(C)cc1NC(=NCC1CCCO1)NC(=O)c1ccccc1. The Morgan fingerprint density at radius 2 is 2.07 bits per heavy atom. The van der Waals surface area contributed by atoms with E-state index in [4.69, 9.17) is 9.47 Å². The van der Waals surface area contributed by atoms with Crippen LogP contribution in [0.3, 0.4) is 0 Å². The fraction of sp³-hybridized carbons (Fsp3) is 0.333. The third kappa shape index (κ3) is 5.31. The fourth-order valence-corrected chi connectivity index (χ4v) is 2.91. The second kappa shape index (κ2) is 9.19. The van der Waals surface area contributed by atoms with Crippen LogP contribution in [0.2, 0.25) is 0 Å². The second-order valence-electron chi connectivity index (χ2n) is 6.47. The Labute approximate surface area is 159 Å². The first-order valence-electron chi connectivity index (χ1n) is 9.10. The van der Waals surface area contributed by atoms with Gasteiger partial charge in [-0.1, -0.05) is 24.3 Å².